The van der Waals surface area contributed by atoms with Crippen molar-refractivity contribution in [3.05, 3.63) is 24.0 Å². The minimum Gasteiger partial charge on any atom is -0.381 e. The SMILES string of the molecule is O=C(NCC1CCOCC1)[C@H]1CC(=O)N(c2n[nH]c3cccc(F)c23)C1. The molecule has 7 nitrogen and oxygen atoms in total. The summed E-state index contributed by atoms with van der Waals surface area (Å²) in [6.45, 7) is 2.28. The summed E-state index contributed by atoms with van der Waals surface area (Å²) < 4.78 is 19.5. The highest BCUT2D eigenvalue weighted by molar-refractivity contribution is 6.05. The van der Waals surface area contributed by atoms with Crippen LogP contribution < -0.4 is 10.2 Å². The third kappa shape index (κ3) is 3.16. The minimum atomic E-state index is -0.444. The maximum Gasteiger partial charge on any atom is 0.229 e. The molecule has 0 bridgehead atoms. The lowest BCUT2D eigenvalue weighted by molar-refractivity contribution is -0.126. The van der Waals surface area contributed by atoms with Crippen LogP contribution in [0.25, 0.3) is 10.9 Å². The molecule has 1 atom stereocenters. The summed E-state index contributed by atoms with van der Waals surface area (Å²) in [4.78, 5) is 26.3. The monoisotopic (exact) mass is 360 g/mol. The molecular formula is C18H21FN4O3. The number of aromatic amines is 1. The predicted octanol–water partition coefficient (Wildman–Crippen LogP) is 1.60. The zero-order valence-electron chi connectivity index (χ0n) is 14.3. The van der Waals surface area contributed by atoms with E-state index in [1.54, 1.807) is 12.1 Å². The number of carbonyl (C=O) groups is 2. The molecule has 0 spiro atoms. The molecule has 0 unspecified atom stereocenters. The number of ether oxygens (including phenoxy) is 1. The Morgan fingerprint density at radius 1 is 1.38 bits per heavy atom. The second-order valence-corrected chi connectivity index (χ2v) is 6.92. The Kier molecular flexibility index (Phi) is 4.58. The van der Waals surface area contributed by atoms with E-state index in [2.05, 4.69) is 15.5 Å². The number of benzene rings is 1. The lowest BCUT2D eigenvalue weighted by atomic mass is 10.00. The zero-order chi connectivity index (χ0) is 18.1. The number of hydrogen-bond donors (Lipinski definition) is 2. The summed E-state index contributed by atoms with van der Waals surface area (Å²) in [7, 11) is 0. The molecule has 2 amide bonds. The van der Waals surface area contributed by atoms with Crippen LogP contribution in [0.1, 0.15) is 19.3 Å². The van der Waals surface area contributed by atoms with Crippen molar-refractivity contribution in [2.24, 2.45) is 11.8 Å². The molecule has 2 fully saturated rings. The largest absolute Gasteiger partial charge is 0.381 e. The third-order valence-corrected chi connectivity index (χ3v) is 5.18. The first-order valence-corrected chi connectivity index (χ1v) is 8.92. The van der Waals surface area contributed by atoms with Crippen molar-refractivity contribution >= 4 is 28.5 Å². The first-order valence-electron chi connectivity index (χ1n) is 8.92. The van der Waals surface area contributed by atoms with Gasteiger partial charge in [0.15, 0.2) is 5.82 Å². The Morgan fingerprint density at radius 3 is 3.00 bits per heavy atom. The highest BCUT2D eigenvalue weighted by Crippen LogP contribution is 2.31. The summed E-state index contributed by atoms with van der Waals surface area (Å²) >= 11 is 0. The van der Waals surface area contributed by atoms with E-state index in [0.717, 1.165) is 26.1 Å². The standard InChI is InChI=1S/C18H21FN4O3/c19-13-2-1-3-14-16(13)17(22-21-14)23-10-12(8-15(23)24)18(25)20-9-11-4-6-26-7-5-11/h1-3,11-12H,4-10H2,(H,20,25)(H,21,22)/t12-/m0/s1. The Bertz CT molecular complexity index is 831. The number of H-pyrrole nitrogens is 1. The molecule has 138 valence electrons. The Hall–Kier alpha value is -2.48. The number of hydrogen-bond acceptors (Lipinski definition) is 4. The van der Waals surface area contributed by atoms with Crippen molar-refractivity contribution in [3.8, 4) is 0 Å². The lowest BCUT2D eigenvalue weighted by Crippen LogP contribution is -2.37. The van der Waals surface area contributed by atoms with Gasteiger partial charge in [0.05, 0.1) is 16.8 Å². The van der Waals surface area contributed by atoms with Crippen LogP contribution >= 0.6 is 0 Å². The van der Waals surface area contributed by atoms with E-state index < -0.39 is 11.7 Å². The molecule has 0 aliphatic carbocycles. The quantitative estimate of drug-likeness (QED) is 0.867. The second kappa shape index (κ2) is 7.03. The summed E-state index contributed by atoms with van der Waals surface area (Å²) in [6, 6.07) is 4.62. The molecule has 26 heavy (non-hydrogen) atoms. The summed E-state index contributed by atoms with van der Waals surface area (Å²) in [5.74, 6) is -0.555. The van der Waals surface area contributed by atoms with Gasteiger partial charge >= 0.3 is 0 Å². The number of rotatable bonds is 4. The van der Waals surface area contributed by atoms with Gasteiger partial charge in [-0.05, 0) is 30.9 Å². The van der Waals surface area contributed by atoms with Gasteiger partial charge in [-0.15, -0.1) is 0 Å². The van der Waals surface area contributed by atoms with Crippen molar-refractivity contribution < 1.29 is 18.7 Å². The van der Waals surface area contributed by atoms with Crippen molar-refractivity contribution in [3.63, 3.8) is 0 Å². The number of nitrogens with zero attached hydrogens (tertiary/aromatic N) is 2. The molecule has 2 saturated heterocycles. The molecule has 3 heterocycles. The number of fused-ring (bicyclic) bond motifs is 1. The van der Waals surface area contributed by atoms with E-state index in [9.17, 15) is 14.0 Å². The first-order chi connectivity index (χ1) is 12.6. The molecule has 0 saturated carbocycles. The number of amides is 2. The molecule has 8 heteroatoms. The average molecular weight is 360 g/mol. The fraction of sp³-hybridized carbons (Fsp3) is 0.500. The predicted molar refractivity (Wildman–Crippen MR) is 93.1 cm³/mol. The molecular weight excluding hydrogens is 339 g/mol. The van der Waals surface area contributed by atoms with E-state index in [4.69, 9.17) is 4.74 Å². The highest BCUT2D eigenvalue weighted by Gasteiger charge is 2.37. The van der Waals surface area contributed by atoms with Gasteiger partial charge in [0, 0.05) is 32.7 Å². The molecule has 2 aliphatic heterocycles. The Balaban J connectivity index is 1.43. The molecule has 1 aromatic heterocycles. The van der Waals surface area contributed by atoms with Gasteiger partial charge in [-0.2, -0.15) is 5.10 Å². The number of nitrogens with one attached hydrogen (secondary N) is 2. The molecule has 2 N–H and O–H groups in total. The van der Waals surface area contributed by atoms with Crippen molar-refractivity contribution in [2.75, 3.05) is 31.2 Å². The van der Waals surface area contributed by atoms with E-state index in [-0.39, 0.29) is 36.0 Å². The molecule has 0 radical (unpaired) electrons. The maximum absolute atomic E-state index is 14.2. The van der Waals surface area contributed by atoms with Crippen LogP contribution in [-0.4, -0.2) is 48.3 Å². The van der Waals surface area contributed by atoms with Gasteiger partial charge in [-0.25, -0.2) is 4.39 Å². The summed E-state index contributed by atoms with van der Waals surface area (Å²) in [5, 5.41) is 10.1. The van der Waals surface area contributed by atoms with E-state index in [1.165, 1.54) is 11.0 Å². The average Bonchev–Trinajstić information content (AvgIpc) is 3.25. The van der Waals surface area contributed by atoms with Crippen molar-refractivity contribution in [1.29, 1.82) is 0 Å². The normalized spacial score (nSPS) is 21.5. The first kappa shape index (κ1) is 17.0. The minimum absolute atomic E-state index is 0.114. The Morgan fingerprint density at radius 2 is 2.19 bits per heavy atom. The van der Waals surface area contributed by atoms with Gasteiger partial charge in [0.2, 0.25) is 11.8 Å². The summed E-state index contributed by atoms with van der Waals surface area (Å²) in [6.07, 6.45) is 1.99. The van der Waals surface area contributed by atoms with Crippen LogP contribution in [0.5, 0.6) is 0 Å². The van der Waals surface area contributed by atoms with Gasteiger partial charge in [0.1, 0.15) is 5.82 Å². The van der Waals surface area contributed by atoms with E-state index >= 15 is 0 Å². The van der Waals surface area contributed by atoms with Crippen LogP contribution in [0.15, 0.2) is 18.2 Å². The van der Waals surface area contributed by atoms with Crippen molar-refractivity contribution in [2.45, 2.75) is 19.3 Å². The summed E-state index contributed by atoms with van der Waals surface area (Å²) in [5.41, 5.74) is 0.528. The zero-order valence-corrected chi connectivity index (χ0v) is 14.3. The van der Waals surface area contributed by atoms with Crippen LogP contribution in [-0.2, 0) is 14.3 Å². The van der Waals surface area contributed by atoms with Crippen LogP contribution in [0, 0.1) is 17.7 Å². The van der Waals surface area contributed by atoms with Gasteiger partial charge in [-0.3, -0.25) is 19.6 Å². The van der Waals surface area contributed by atoms with Crippen LogP contribution in [0.2, 0.25) is 0 Å². The third-order valence-electron chi connectivity index (χ3n) is 5.18. The van der Waals surface area contributed by atoms with Crippen molar-refractivity contribution in [1.82, 2.24) is 15.5 Å². The highest BCUT2D eigenvalue weighted by atomic mass is 19.1. The van der Waals surface area contributed by atoms with E-state index in [1.807, 2.05) is 0 Å². The topological polar surface area (TPSA) is 87.3 Å². The molecule has 1 aromatic carbocycles. The van der Waals surface area contributed by atoms with Crippen LogP contribution in [0.3, 0.4) is 0 Å². The molecule has 4 rings (SSSR count). The smallest absolute Gasteiger partial charge is 0.229 e. The lowest BCUT2D eigenvalue weighted by Gasteiger charge is -2.22. The van der Waals surface area contributed by atoms with Gasteiger partial charge in [-0.1, -0.05) is 6.07 Å². The number of anilines is 1. The number of carbonyl (C=O) groups excluding carboxylic acids is 2. The van der Waals surface area contributed by atoms with E-state index in [0.29, 0.717) is 18.0 Å². The fourth-order valence-electron chi connectivity index (χ4n) is 3.64. The van der Waals surface area contributed by atoms with Gasteiger partial charge < -0.3 is 10.1 Å². The Labute approximate surface area is 149 Å². The molecule has 2 aliphatic rings. The number of aromatic nitrogens is 2. The van der Waals surface area contributed by atoms with Crippen LogP contribution in [0.4, 0.5) is 10.2 Å². The second-order valence-electron chi connectivity index (χ2n) is 6.92. The number of halogens is 1. The molecule has 2 aromatic rings. The van der Waals surface area contributed by atoms with Gasteiger partial charge in [0.25, 0.3) is 0 Å². The fourth-order valence-corrected chi connectivity index (χ4v) is 3.64. The maximum atomic E-state index is 14.2.